The van der Waals surface area contributed by atoms with Crippen molar-refractivity contribution in [2.45, 2.75) is 11.3 Å². The van der Waals surface area contributed by atoms with Gasteiger partial charge in [0.15, 0.2) is 0 Å². The summed E-state index contributed by atoms with van der Waals surface area (Å²) in [7, 11) is -3.57. The van der Waals surface area contributed by atoms with Crippen LogP contribution in [-0.4, -0.2) is 15.0 Å². The normalized spacial score (nSPS) is 11.3. The molecule has 1 N–H and O–H groups in total. The molecule has 0 bridgehead atoms. The highest BCUT2D eigenvalue weighted by Gasteiger charge is 2.13. The average molecular weight is 358 g/mol. The Balaban J connectivity index is 1.60. The number of rotatable bonds is 6. The number of nitriles is 1. The van der Waals surface area contributed by atoms with E-state index in [-0.39, 0.29) is 4.90 Å². The van der Waals surface area contributed by atoms with Crippen molar-refractivity contribution in [2.24, 2.45) is 0 Å². The van der Waals surface area contributed by atoms with Gasteiger partial charge in [0.1, 0.15) is 5.76 Å². The zero-order chi connectivity index (χ0) is 17.0. The predicted molar refractivity (Wildman–Crippen MR) is 92.1 cm³/mol. The van der Waals surface area contributed by atoms with Crippen LogP contribution in [0.15, 0.2) is 64.1 Å². The minimum Gasteiger partial charge on any atom is -0.464 e. The summed E-state index contributed by atoms with van der Waals surface area (Å²) in [6, 6.07) is 15.5. The van der Waals surface area contributed by atoms with Gasteiger partial charge in [-0.05, 0) is 55.0 Å². The van der Waals surface area contributed by atoms with E-state index in [1.54, 1.807) is 17.6 Å². The van der Waals surface area contributed by atoms with Crippen molar-refractivity contribution < 1.29 is 12.8 Å². The Morgan fingerprint density at radius 1 is 1.12 bits per heavy atom. The van der Waals surface area contributed by atoms with E-state index in [1.807, 2.05) is 30.3 Å². The Morgan fingerprint density at radius 2 is 1.92 bits per heavy atom. The third kappa shape index (κ3) is 3.74. The molecule has 0 saturated carbocycles. The molecule has 0 unspecified atom stereocenters. The topological polar surface area (TPSA) is 83.1 Å². The maximum absolute atomic E-state index is 12.2. The van der Waals surface area contributed by atoms with Gasteiger partial charge in [-0.2, -0.15) is 5.26 Å². The van der Waals surface area contributed by atoms with Gasteiger partial charge in [0.25, 0.3) is 0 Å². The average Bonchev–Trinajstić information content (AvgIpc) is 3.26. The van der Waals surface area contributed by atoms with E-state index in [0.29, 0.717) is 18.5 Å². The molecule has 7 heteroatoms. The van der Waals surface area contributed by atoms with Crippen LogP contribution in [0.5, 0.6) is 0 Å². The van der Waals surface area contributed by atoms with Crippen LogP contribution in [0.4, 0.5) is 0 Å². The van der Waals surface area contributed by atoms with Gasteiger partial charge in [0.2, 0.25) is 10.0 Å². The molecule has 0 amide bonds. The van der Waals surface area contributed by atoms with E-state index in [2.05, 4.69) is 4.72 Å². The third-order valence-corrected chi connectivity index (χ3v) is 6.02. The Bertz CT molecular complexity index is 950. The molecule has 0 radical (unpaired) electrons. The molecule has 3 rings (SSSR count). The Labute approximate surface area is 144 Å². The van der Waals surface area contributed by atoms with Crippen molar-refractivity contribution in [1.29, 1.82) is 5.26 Å². The molecule has 0 fully saturated rings. The van der Waals surface area contributed by atoms with E-state index in [0.717, 1.165) is 15.5 Å². The molecule has 0 saturated heterocycles. The first-order chi connectivity index (χ1) is 11.6. The van der Waals surface area contributed by atoms with Gasteiger partial charge in [-0.1, -0.05) is 0 Å². The predicted octanol–water partition coefficient (Wildman–Crippen LogP) is 3.40. The standard InChI is InChI=1S/C17H14N2O3S2/c18-12-13-3-6-15(7-4-13)24(20,21)19-10-9-14-5-8-17(23-14)16-2-1-11-22-16/h1-8,11,19H,9-10H2. The van der Waals surface area contributed by atoms with Crippen LogP contribution in [0.25, 0.3) is 10.6 Å². The third-order valence-electron chi connectivity index (χ3n) is 3.38. The molecule has 2 heterocycles. The van der Waals surface area contributed by atoms with Crippen molar-refractivity contribution in [3.05, 3.63) is 65.2 Å². The molecule has 0 aliphatic rings. The molecule has 0 spiro atoms. The quantitative estimate of drug-likeness (QED) is 0.732. The fourth-order valence-corrected chi connectivity index (χ4v) is 4.17. The summed E-state index contributed by atoms with van der Waals surface area (Å²) in [5.41, 5.74) is 0.429. The van der Waals surface area contributed by atoms with Gasteiger partial charge in [-0.25, -0.2) is 13.1 Å². The highest BCUT2D eigenvalue weighted by atomic mass is 32.2. The van der Waals surface area contributed by atoms with Crippen LogP contribution in [0.3, 0.4) is 0 Å². The van der Waals surface area contributed by atoms with Gasteiger partial charge >= 0.3 is 0 Å². The second kappa shape index (κ2) is 7.01. The molecule has 1 aromatic carbocycles. The largest absolute Gasteiger partial charge is 0.464 e. The Morgan fingerprint density at radius 3 is 2.58 bits per heavy atom. The van der Waals surface area contributed by atoms with Gasteiger partial charge in [-0.3, -0.25) is 0 Å². The Hall–Kier alpha value is -2.40. The first-order valence-corrected chi connectivity index (χ1v) is 9.51. The monoisotopic (exact) mass is 358 g/mol. The van der Waals surface area contributed by atoms with Crippen molar-refractivity contribution in [3.8, 4) is 16.7 Å². The van der Waals surface area contributed by atoms with E-state index in [1.165, 1.54) is 24.3 Å². The zero-order valence-electron chi connectivity index (χ0n) is 12.6. The van der Waals surface area contributed by atoms with Crippen molar-refractivity contribution in [2.75, 3.05) is 6.54 Å². The number of hydrogen-bond donors (Lipinski definition) is 1. The maximum Gasteiger partial charge on any atom is 0.240 e. The van der Waals surface area contributed by atoms with Gasteiger partial charge in [-0.15, -0.1) is 11.3 Å². The highest BCUT2D eigenvalue weighted by molar-refractivity contribution is 7.89. The number of benzene rings is 1. The van der Waals surface area contributed by atoms with E-state index in [9.17, 15) is 8.42 Å². The summed E-state index contributed by atoms with van der Waals surface area (Å²) in [5, 5.41) is 8.75. The van der Waals surface area contributed by atoms with Gasteiger partial charge in [0, 0.05) is 11.4 Å². The second-order valence-electron chi connectivity index (χ2n) is 5.03. The molecule has 5 nitrogen and oxygen atoms in total. The number of nitrogens with zero attached hydrogens (tertiary/aromatic N) is 1. The van der Waals surface area contributed by atoms with Crippen LogP contribution in [0.1, 0.15) is 10.4 Å². The molecular weight excluding hydrogens is 344 g/mol. The van der Waals surface area contributed by atoms with Crippen LogP contribution in [0.2, 0.25) is 0 Å². The first kappa shape index (κ1) is 16.5. The van der Waals surface area contributed by atoms with Gasteiger partial charge < -0.3 is 4.42 Å². The number of sulfonamides is 1. The van der Waals surface area contributed by atoms with Crippen LogP contribution >= 0.6 is 11.3 Å². The molecule has 2 aromatic heterocycles. The van der Waals surface area contributed by atoms with Crippen molar-refractivity contribution in [3.63, 3.8) is 0 Å². The van der Waals surface area contributed by atoms with Crippen LogP contribution < -0.4 is 4.72 Å². The summed E-state index contributed by atoms with van der Waals surface area (Å²) >= 11 is 1.58. The van der Waals surface area contributed by atoms with Gasteiger partial charge in [0.05, 0.1) is 27.7 Å². The van der Waals surface area contributed by atoms with E-state index >= 15 is 0 Å². The number of thiophene rings is 1. The lowest BCUT2D eigenvalue weighted by atomic mass is 10.2. The summed E-state index contributed by atoms with van der Waals surface area (Å²) < 4.78 is 32.3. The summed E-state index contributed by atoms with van der Waals surface area (Å²) in [6.45, 7) is 0.306. The van der Waals surface area contributed by atoms with Crippen molar-refractivity contribution in [1.82, 2.24) is 4.72 Å². The molecule has 24 heavy (non-hydrogen) atoms. The minimum atomic E-state index is -3.57. The summed E-state index contributed by atoms with van der Waals surface area (Å²) in [4.78, 5) is 2.25. The molecule has 0 aliphatic heterocycles. The molecule has 0 atom stereocenters. The van der Waals surface area contributed by atoms with Crippen LogP contribution in [0, 0.1) is 11.3 Å². The highest BCUT2D eigenvalue weighted by Crippen LogP contribution is 2.28. The molecule has 3 aromatic rings. The molecule has 122 valence electrons. The number of nitrogens with one attached hydrogen (secondary N) is 1. The lowest BCUT2D eigenvalue weighted by molar-refractivity contribution is 0.581. The van der Waals surface area contributed by atoms with Crippen LogP contribution in [-0.2, 0) is 16.4 Å². The van der Waals surface area contributed by atoms with E-state index < -0.39 is 10.0 Å². The maximum atomic E-state index is 12.2. The lowest BCUT2D eigenvalue weighted by Crippen LogP contribution is -2.25. The number of hydrogen-bond acceptors (Lipinski definition) is 5. The lowest BCUT2D eigenvalue weighted by Gasteiger charge is -2.06. The summed E-state index contributed by atoms with van der Waals surface area (Å²) in [5.74, 6) is 0.810. The zero-order valence-corrected chi connectivity index (χ0v) is 14.2. The second-order valence-corrected chi connectivity index (χ2v) is 7.96. The first-order valence-electron chi connectivity index (χ1n) is 7.21. The SMILES string of the molecule is N#Cc1ccc(S(=O)(=O)NCCc2ccc(-c3ccco3)s2)cc1. The Kier molecular flexibility index (Phi) is 4.81. The fourth-order valence-electron chi connectivity index (χ4n) is 2.16. The minimum absolute atomic E-state index is 0.156. The van der Waals surface area contributed by atoms with Crippen molar-refractivity contribution >= 4 is 21.4 Å². The fraction of sp³-hybridized carbons (Fsp3) is 0.118. The molecule has 0 aliphatic carbocycles. The van der Waals surface area contributed by atoms with E-state index in [4.69, 9.17) is 9.68 Å². The molecular formula is C17H14N2O3S2. The number of furan rings is 1. The summed E-state index contributed by atoms with van der Waals surface area (Å²) in [6.07, 6.45) is 2.22. The smallest absolute Gasteiger partial charge is 0.240 e.